The molecule has 124 valence electrons. The summed E-state index contributed by atoms with van der Waals surface area (Å²) in [6.07, 6.45) is 2.12. The molecule has 8 nitrogen and oxygen atoms in total. The molecule has 0 aromatic heterocycles. The second kappa shape index (κ2) is 6.23. The Morgan fingerprint density at radius 2 is 1.96 bits per heavy atom. The summed E-state index contributed by atoms with van der Waals surface area (Å²) in [5.41, 5.74) is -1.23. The van der Waals surface area contributed by atoms with Crippen LogP contribution in [0.4, 0.5) is 5.69 Å². The molecular formula is C15H18N2O6. The van der Waals surface area contributed by atoms with Crippen LogP contribution in [0.15, 0.2) is 12.1 Å². The van der Waals surface area contributed by atoms with Crippen molar-refractivity contribution < 1.29 is 24.4 Å². The Labute approximate surface area is 132 Å². The molecule has 0 saturated heterocycles. The van der Waals surface area contributed by atoms with Gasteiger partial charge in [-0.2, -0.15) is 0 Å². The predicted molar refractivity (Wildman–Crippen MR) is 80.7 cm³/mol. The number of nitro benzene ring substituents is 1. The van der Waals surface area contributed by atoms with Crippen LogP contribution in [-0.4, -0.2) is 34.6 Å². The number of nitrogens with one attached hydrogen (secondary N) is 1. The van der Waals surface area contributed by atoms with Crippen LogP contribution in [0.2, 0.25) is 0 Å². The molecule has 1 aliphatic carbocycles. The van der Waals surface area contributed by atoms with Gasteiger partial charge in [0.25, 0.3) is 11.6 Å². The van der Waals surface area contributed by atoms with Gasteiger partial charge >= 0.3 is 5.97 Å². The van der Waals surface area contributed by atoms with Crippen molar-refractivity contribution in [3.8, 4) is 5.75 Å². The second-order valence-corrected chi connectivity index (χ2v) is 5.63. The molecule has 8 heteroatoms. The van der Waals surface area contributed by atoms with E-state index in [4.69, 9.17) is 4.74 Å². The van der Waals surface area contributed by atoms with E-state index < -0.39 is 22.3 Å². The van der Waals surface area contributed by atoms with Gasteiger partial charge in [-0.05, 0) is 25.8 Å². The average molecular weight is 322 g/mol. The lowest BCUT2D eigenvalue weighted by molar-refractivity contribution is -0.385. The molecule has 0 heterocycles. The van der Waals surface area contributed by atoms with Gasteiger partial charge in [-0.25, -0.2) is 4.79 Å². The van der Waals surface area contributed by atoms with Crippen LogP contribution in [0.1, 0.15) is 41.6 Å². The van der Waals surface area contributed by atoms with E-state index >= 15 is 0 Å². The number of nitro groups is 1. The van der Waals surface area contributed by atoms with Gasteiger partial charge in [0.05, 0.1) is 17.6 Å². The maximum Gasteiger partial charge on any atom is 0.329 e. The van der Waals surface area contributed by atoms with Gasteiger partial charge in [0.1, 0.15) is 11.3 Å². The van der Waals surface area contributed by atoms with Gasteiger partial charge in [0, 0.05) is 11.6 Å². The summed E-state index contributed by atoms with van der Waals surface area (Å²) >= 11 is 0. The number of carboxylic acids is 1. The number of carbonyl (C=O) groups is 2. The van der Waals surface area contributed by atoms with Crippen molar-refractivity contribution in [2.75, 3.05) is 7.11 Å². The minimum Gasteiger partial charge on any atom is -0.496 e. The quantitative estimate of drug-likeness (QED) is 0.632. The van der Waals surface area contributed by atoms with Crippen molar-refractivity contribution >= 4 is 17.6 Å². The number of hydrogen-bond donors (Lipinski definition) is 2. The Morgan fingerprint density at radius 1 is 1.35 bits per heavy atom. The van der Waals surface area contributed by atoms with Crippen LogP contribution in [-0.2, 0) is 4.79 Å². The van der Waals surface area contributed by atoms with Gasteiger partial charge < -0.3 is 15.2 Å². The number of rotatable bonds is 5. The molecule has 23 heavy (non-hydrogen) atoms. The molecule has 1 fully saturated rings. The van der Waals surface area contributed by atoms with Gasteiger partial charge in [-0.3, -0.25) is 14.9 Å². The minimum absolute atomic E-state index is 0.00618. The largest absolute Gasteiger partial charge is 0.496 e. The molecule has 0 spiro atoms. The van der Waals surface area contributed by atoms with E-state index in [-0.39, 0.29) is 17.0 Å². The van der Waals surface area contributed by atoms with Crippen molar-refractivity contribution in [2.24, 2.45) is 0 Å². The Bertz CT molecular complexity index is 664. The SMILES string of the molecule is COc1cc(C(=O)NC2(C(=O)O)CCCC2)cc([N+](=O)[O-])c1C. The third kappa shape index (κ3) is 3.10. The minimum atomic E-state index is -1.30. The lowest BCUT2D eigenvalue weighted by atomic mass is 9.97. The van der Waals surface area contributed by atoms with Gasteiger partial charge in [0.2, 0.25) is 0 Å². The summed E-state index contributed by atoms with van der Waals surface area (Å²) in [6.45, 7) is 1.52. The number of amides is 1. The van der Waals surface area contributed by atoms with Crippen LogP contribution >= 0.6 is 0 Å². The van der Waals surface area contributed by atoms with Gasteiger partial charge in [0.15, 0.2) is 0 Å². The molecule has 0 atom stereocenters. The predicted octanol–water partition coefficient (Wildman–Crippen LogP) is 2.04. The summed E-state index contributed by atoms with van der Waals surface area (Å²) in [5.74, 6) is -1.53. The first-order valence-corrected chi connectivity index (χ1v) is 7.19. The number of ether oxygens (including phenoxy) is 1. The number of nitrogens with zero attached hydrogens (tertiary/aromatic N) is 1. The number of hydrogen-bond acceptors (Lipinski definition) is 5. The zero-order valence-corrected chi connectivity index (χ0v) is 12.9. The van der Waals surface area contributed by atoms with Crippen LogP contribution in [0.25, 0.3) is 0 Å². The highest BCUT2D eigenvalue weighted by atomic mass is 16.6. The highest BCUT2D eigenvalue weighted by molar-refractivity contribution is 5.99. The van der Waals surface area contributed by atoms with Crippen molar-refractivity contribution in [3.63, 3.8) is 0 Å². The van der Waals surface area contributed by atoms with Crippen molar-refractivity contribution in [3.05, 3.63) is 33.4 Å². The second-order valence-electron chi connectivity index (χ2n) is 5.63. The normalized spacial score (nSPS) is 15.9. The Hall–Kier alpha value is -2.64. The van der Waals surface area contributed by atoms with E-state index in [1.165, 1.54) is 20.1 Å². The van der Waals surface area contributed by atoms with Crippen molar-refractivity contribution in [2.45, 2.75) is 38.1 Å². The molecule has 2 rings (SSSR count). The van der Waals surface area contributed by atoms with E-state index in [0.717, 1.165) is 6.07 Å². The van der Waals surface area contributed by atoms with E-state index in [1.807, 2.05) is 0 Å². The molecular weight excluding hydrogens is 304 g/mol. The van der Waals surface area contributed by atoms with Gasteiger partial charge in [-0.15, -0.1) is 0 Å². The molecule has 0 bridgehead atoms. The number of carboxylic acid groups (broad SMARTS) is 1. The third-order valence-electron chi connectivity index (χ3n) is 4.23. The summed E-state index contributed by atoms with van der Waals surface area (Å²) in [4.78, 5) is 34.4. The number of methoxy groups -OCH3 is 1. The monoisotopic (exact) mass is 322 g/mol. The average Bonchev–Trinajstić information content (AvgIpc) is 2.96. The van der Waals surface area contributed by atoms with Crippen molar-refractivity contribution in [1.82, 2.24) is 5.32 Å². The summed E-state index contributed by atoms with van der Waals surface area (Å²) in [7, 11) is 1.35. The van der Waals surface area contributed by atoms with E-state index in [9.17, 15) is 24.8 Å². The summed E-state index contributed by atoms with van der Waals surface area (Å²) in [5, 5.41) is 23.0. The zero-order chi connectivity index (χ0) is 17.2. The highest BCUT2D eigenvalue weighted by Gasteiger charge is 2.43. The fourth-order valence-electron chi connectivity index (χ4n) is 2.87. The molecule has 0 aliphatic heterocycles. The summed E-state index contributed by atoms with van der Waals surface area (Å²) in [6, 6.07) is 2.51. The van der Waals surface area contributed by atoms with E-state index in [1.54, 1.807) is 0 Å². The van der Waals surface area contributed by atoms with Crippen molar-refractivity contribution in [1.29, 1.82) is 0 Å². The maximum absolute atomic E-state index is 12.4. The highest BCUT2D eigenvalue weighted by Crippen LogP contribution is 2.32. The fourth-order valence-corrected chi connectivity index (χ4v) is 2.87. The number of aliphatic carboxylic acids is 1. The molecule has 1 amide bonds. The van der Waals surface area contributed by atoms with Gasteiger partial charge in [-0.1, -0.05) is 12.8 Å². The summed E-state index contributed by atoms with van der Waals surface area (Å²) < 4.78 is 5.07. The lowest BCUT2D eigenvalue weighted by Gasteiger charge is -2.25. The van der Waals surface area contributed by atoms with Crippen LogP contribution in [0.3, 0.4) is 0 Å². The zero-order valence-electron chi connectivity index (χ0n) is 12.9. The molecule has 1 saturated carbocycles. The molecule has 1 aliphatic rings. The number of carbonyl (C=O) groups excluding carboxylic acids is 1. The molecule has 1 aromatic carbocycles. The van der Waals surface area contributed by atoms with Crippen LogP contribution < -0.4 is 10.1 Å². The smallest absolute Gasteiger partial charge is 0.329 e. The van der Waals surface area contributed by atoms with E-state index in [2.05, 4.69) is 5.32 Å². The molecule has 2 N–H and O–H groups in total. The first kappa shape index (κ1) is 16.7. The Kier molecular flexibility index (Phi) is 4.53. The third-order valence-corrected chi connectivity index (χ3v) is 4.23. The Balaban J connectivity index is 2.37. The van der Waals surface area contributed by atoms with Crippen LogP contribution in [0, 0.1) is 17.0 Å². The molecule has 0 unspecified atom stereocenters. The maximum atomic E-state index is 12.4. The van der Waals surface area contributed by atoms with Crippen LogP contribution in [0.5, 0.6) is 5.75 Å². The Morgan fingerprint density at radius 3 is 2.43 bits per heavy atom. The first-order valence-electron chi connectivity index (χ1n) is 7.19. The molecule has 1 aromatic rings. The fraction of sp³-hybridized carbons (Fsp3) is 0.467. The molecule has 0 radical (unpaired) electrons. The van der Waals surface area contributed by atoms with E-state index in [0.29, 0.717) is 31.2 Å². The topological polar surface area (TPSA) is 119 Å². The lowest BCUT2D eigenvalue weighted by Crippen LogP contribution is -2.52. The number of benzene rings is 1. The first-order chi connectivity index (χ1) is 10.8. The standard InChI is InChI=1S/C15H18N2O6/c1-9-11(17(21)22)7-10(8-12(9)23-2)13(18)16-15(14(19)20)5-3-4-6-15/h7-8H,3-6H2,1-2H3,(H,16,18)(H,19,20).